The number of piperidine rings is 1. The molecule has 0 spiro atoms. The Balaban J connectivity index is 2.28. The van der Waals surface area contributed by atoms with Gasteiger partial charge in [0, 0.05) is 18.5 Å². The minimum atomic E-state index is -0.294. The number of hydrogen-bond acceptors (Lipinski definition) is 3. The average molecular weight is 263 g/mol. The summed E-state index contributed by atoms with van der Waals surface area (Å²) in [7, 11) is 2.11. The van der Waals surface area contributed by atoms with Gasteiger partial charge in [-0.1, -0.05) is 19.1 Å². The lowest BCUT2D eigenvalue weighted by Crippen LogP contribution is -2.51. The van der Waals surface area contributed by atoms with Crippen LogP contribution in [0.3, 0.4) is 0 Å². The second-order valence-corrected chi connectivity index (χ2v) is 6.15. The third kappa shape index (κ3) is 3.10. The third-order valence-electron chi connectivity index (χ3n) is 3.98. The van der Waals surface area contributed by atoms with Crippen molar-refractivity contribution in [2.24, 2.45) is 0 Å². The van der Waals surface area contributed by atoms with Crippen LogP contribution in [-0.4, -0.2) is 42.4 Å². The van der Waals surface area contributed by atoms with E-state index in [1.165, 1.54) is 0 Å². The molecule has 1 aliphatic rings. The Morgan fingerprint density at radius 3 is 2.84 bits per heavy atom. The zero-order chi connectivity index (χ0) is 14.0. The summed E-state index contributed by atoms with van der Waals surface area (Å²) in [6, 6.07) is 8.16. The Labute approximate surface area is 116 Å². The number of hydrogen-bond donors (Lipinski definition) is 1. The lowest BCUT2D eigenvalue weighted by molar-refractivity contribution is 0.0197. The molecule has 0 aliphatic carbocycles. The first-order valence-electron chi connectivity index (χ1n) is 7.05. The molecule has 0 aromatic heterocycles. The molecule has 1 fully saturated rings. The van der Waals surface area contributed by atoms with Crippen LogP contribution in [0.5, 0.6) is 5.75 Å². The smallest absolute Gasteiger partial charge is 0.119 e. The molecule has 3 nitrogen and oxygen atoms in total. The van der Waals surface area contributed by atoms with Crippen molar-refractivity contribution in [3.05, 3.63) is 29.8 Å². The third-order valence-corrected chi connectivity index (χ3v) is 3.98. The zero-order valence-electron chi connectivity index (χ0n) is 12.4. The Bertz CT molecular complexity index is 433. The van der Waals surface area contributed by atoms with Crippen LogP contribution in [0.4, 0.5) is 0 Å². The summed E-state index contributed by atoms with van der Waals surface area (Å²) >= 11 is 0. The van der Waals surface area contributed by atoms with Crippen LogP contribution in [0.2, 0.25) is 0 Å². The monoisotopic (exact) mass is 263 g/mol. The van der Waals surface area contributed by atoms with Gasteiger partial charge < -0.3 is 14.7 Å². The van der Waals surface area contributed by atoms with Gasteiger partial charge in [0.2, 0.25) is 0 Å². The van der Waals surface area contributed by atoms with E-state index < -0.39 is 0 Å². The molecule has 1 heterocycles. The predicted octanol–water partition coefficient (Wildman–Crippen LogP) is 2.43. The summed E-state index contributed by atoms with van der Waals surface area (Å²) in [4.78, 5) is 2.28. The first-order chi connectivity index (χ1) is 8.91. The van der Waals surface area contributed by atoms with Crippen molar-refractivity contribution < 1.29 is 9.84 Å². The van der Waals surface area contributed by atoms with Crippen LogP contribution in [0.15, 0.2) is 24.3 Å². The number of likely N-dealkylation sites (tertiary alicyclic amines) is 1. The van der Waals surface area contributed by atoms with Crippen molar-refractivity contribution in [3.63, 3.8) is 0 Å². The summed E-state index contributed by atoms with van der Waals surface area (Å²) in [6.45, 7) is 8.02. The number of rotatable bonds is 3. The second kappa shape index (κ2) is 5.51. The highest BCUT2D eigenvalue weighted by atomic mass is 16.5. The number of aliphatic hydroxyl groups excluding tert-OH is 1. The molecule has 1 aromatic carbocycles. The lowest BCUT2D eigenvalue weighted by Gasteiger charge is -2.43. The maximum Gasteiger partial charge on any atom is 0.119 e. The Hall–Kier alpha value is -1.06. The van der Waals surface area contributed by atoms with E-state index in [9.17, 15) is 5.11 Å². The topological polar surface area (TPSA) is 32.7 Å². The van der Waals surface area contributed by atoms with Gasteiger partial charge in [0.15, 0.2) is 0 Å². The predicted molar refractivity (Wildman–Crippen MR) is 77.7 cm³/mol. The van der Waals surface area contributed by atoms with E-state index in [1.807, 2.05) is 26.0 Å². The normalized spacial score (nSPS) is 28.6. The van der Waals surface area contributed by atoms with Crippen molar-refractivity contribution in [1.82, 2.24) is 4.90 Å². The molecule has 1 saturated heterocycles. The molecule has 1 aromatic rings. The molecule has 3 heteroatoms. The maximum atomic E-state index is 10.4. The van der Waals surface area contributed by atoms with E-state index in [2.05, 4.69) is 31.0 Å². The van der Waals surface area contributed by atoms with Crippen LogP contribution in [0.1, 0.15) is 32.8 Å². The summed E-state index contributed by atoms with van der Waals surface area (Å²) in [6.07, 6.45) is 0.697. The van der Waals surface area contributed by atoms with Crippen LogP contribution < -0.4 is 4.74 Å². The van der Waals surface area contributed by atoms with Gasteiger partial charge in [0.25, 0.3) is 0 Å². The molecule has 1 aliphatic heterocycles. The highest BCUT2D eigenvalue weighted by Crippen LogP contribution is 2.35. The Morgan fingerprint density at radius 2 is 2.16 bits per heavy atom. The number of benzene rings is 1. The lowest BCUT2D eigenvalue weighted by atomic mass is 9.73. The van der Waals surface area contributed by atoms with Crippen LogP contribution >= 0.6 is 0 Å². The van der Waals surface area contributed by atoms with Gasteiger partial charge in [-0.15, -0.1) is 0 Å². The molecule has 2 rings (SSSR count). The summed E-state index contributed by atoms with van der Waals surface area (Å²) in [5.74, 6) is 0.883. The standard InChI is InChI=1S/C16H25NO2/c1-12(2)19-14-7-5-6-13(10-14)16(3)11-17(4)9-8-15(16)18/h5-7,10,12,15,18H,8-9,11H2,1-4H3. The van der Waals surface area contributed by atoms with E-state index in [4.69, 9.17) is 4.74 Å². The summed E-state index contributed by atoms with van der Waals surface area (Å²) in [5, 5.41) is 10.4. The summed E-state index contributed by atoms with van der Waals surface area (Å²) < 4.78 is 5.76. The molecular formula is C16H25NO2. The van der Waals surface area contributed by atoms with E-state index in [-0.39, 0.29) is 17.6 Å². The van der Waals surface area contributed by atoms with Crippen molar-refractivity contribution in [3.8, 4) is 5.75 Å². The fraction of sp³-hybridized carbons (Fsp3) is 0.625. The van der Waals surface area contributed by atoms with Gasteiger partial charge in [-0.25, -0.2) is 0 Å². The summed E-state index contributed by atoms with van der Waals surface area (Å²) in [5.41, 5.74) is 0.938. The van der Waals surface area contributed by atoms with Crippen molar-refractivity contribution >= 4 is 0 Å². The minimum Gasteiger partial charge on any atom is -0.491 e. The largest absolute Gasteiger partial charge is 0.491 e. The molecule has 0 amide bonds. The quantitative estimate of drug-likeness (QED) is 0.909. The molecular weight excluding hydrogens is 238 g/mol. The van der Waals surface area contributed by atoms with Crippen LogP contribution in [0.25, 0.3) is 0 Å². The minimum absolute atomic E-state index is 0.169. The SMILES string of the molecule is CC(C)Oc1cccc(C2(C)CN(C)CCC2O)c1. The molecule has 2 unspecified atom stereocenters. The van der Waals surface area contributed by atoms with Gasteiger partial charge in [-0.2, -0.15) is 0 Å². The van der Waals surface area contributed by atoms with Gasteiger partial charge >= 0.3 is 0 Å². The molecule has 0 bridgehead atoms. The fourth-order valence-electron chi connectivity index (χ4n) is 2.89. The molecule has 0 saturated carbocycles. The number of ether oxygens (including phenoxy) is 1. The first kappa shape index (κ1) is 14.4. The number of aliphatic hydroxyl groups is 1. The van der Waals surface area contributed by atoms with Crippen LogP contribution in [-0.2, 0) is 5.41 Å². The van der Waals surface area contributed by atoms with Crippen molar-refractivity contribution in [2.45, 2.75) is 44.8 Å². The van der Waals surface area contributed by atoms with E-state index in [0.29, 0.717) is 0 Å². The van der Waals surface area contributed by atoms with E-state index >= 15 is 0 Å². The van der Waals surface area contributed by atoms with Gasteiger partial charge in [-0.05, 0) is 45.0 Å². The Morgan fingerprint density at radius 1 is 1.42 bits per heavy atom. The first-order valence-corrected chi connectivity index (χ1v) is 7.05. The van der Waals surface area contributed by atoms with Gasteiger partial charge in [0.1, 0.15) is 5.75 Å². The highest BCUT2D eigenvalue weighted by Gasteiger charge is 2.39. The molecule has 19 heavy (non-hydrogen) atoms. The molecule has 106 valence electrons. The van der Waals surface area contributed by atoms with Gasteiger partial charge in [-0.3, -0.25) is 0 Å². The molecule has 1 N–H and O–H groups in total. The highest BCUT2D eigenvalue weighted by molar-refractivity contribution is 5.35. The molecule has 2 atom stereocenters. The number of likely N-dealkylation sites (N-methyl/N-ethyl adjacent to an activating group) is 1. The van der Waals surface area contributed by atoms with Crippen molar-refractivity contribution in [2.75, 3.05) is 20.1 Å². The second-order valence-electron chi connectivity index (χ2n) is 6.15. The number of nitrogens with zero attached hydrogens (tertiary/aromatic N) is 1. The fourth-order valence-corrected chi connectivity index (χ4v) is 2.89. The van der Waals surface area contributed by atoms with E-state index in [0.717, 1.165) is 30.8 Å². The molecule has 0 radical (unpaired) electrons. The average Bonchev–Trinajstić information content (AvgIpc) is 2.34. The van der Waals surface area contributed by atoms with Gasteiger partial charge in [0.05, 0.1) is 12.2 Å². The van der Waals surface area contributed by atoms with E-state index in [1.54, 1.807) is 0 Å². The Kier molecular flexibility index (Phi) is 4.16. The maximum absolute atomic E-state index is 10.4. The van der Waals surface area contributed by atoms with Crippen molar-refractivity contribution in [1.29, 1.82) is 0 Å². The zero-order valence-corrected chi connectivity index (χ0v) is 12.4. The van der Waals surface area contributed by atoms with Crippen LogP contribution in [0, 0.1) is 0 Å².